The highest BCUT2D eigenvalue weighted by Gasteiger charge is 2.41. The summed E-state index contributed by atoms with van der Waals surface area (Å²) in [6.45, 7) is 3.86. The van der Waals surface area contributed by atoms with Crippen LogP contribution < -0.4 is 5.56 Å². The maximum Gasteiger partial charge on any atom is 0.255 e. The third-order valence-corrected chi connectivity index (χ3v) is 6.01. The number of carbonyl (C=O) groups is 2. The van der Waals surface area contributed by atoms with Gasteiger partial charge < -0.3 is 19.3 Å². The minimum atomic E-state index is -0.117. The molecule has 0 bridgehead atoms. The summed E-state index contributed by atoms with van der Waals surface area (Å²) < 4.78 is 1.44. The second kappa shape index (κ2) is 7.84. The van der Waals surface area contributed by atoms with Crippen molar-refractivity contribution in [2.75, 3.05) is 46.8 Å². The van der Waals surface area contributed by atoms with Crippen molar-refractivity contribution < 1.29 is 9.59 Å². The number of likely N-dealkylation sites (tertiary alicyclic amines) is 2. The Hall–Kier alpha value is -2.15. The Morgan fingerprint density at radius 3 is 2.48 bits per heavy atom. The standard InChI is InChI=1S/C20H30N4O3/c1-21(2)12-13-24-15-20(7-6-18(24)26)8-10-23(11-9-20)19(27)16-4-5-17(25)22(3)14-16/h4-5,14H,6-13,15H2,1-3H3. The molecule has 0 atom stereocenters. The minimum Gasteiger partial charge on any atom is -0.341 e. The molecule has 148 valence electrons. The third-order valence-electron chi connectivity index (χ3n) is 6.01. The van der Waals surface area contributed by atoms with E-state index in [4.69, 9.17) is 0 Å². The lowest BCUT2D eigenvalue weighted by Gasteiger charge is -2.47. The number of likely N-dealkylation sites (N-methyl/N-ethyl adjacent to an activating group) is 1. The molecule has 0 aliphatic carbocycles. The summed E-state index contributed by atoms with van der Waals surface area (Å²) in [6, 6.07) is 3.05. The van der Waals surface area contributed by atoms with Crippen molar-refractivity contribution in [2.45, 2.75) is 25.7 Å². The summed E-state index contributed by atoms with van der Waals surface area (Å²) >= 11 is 0. The van der Waals surface area contributed by atoms with Crippen LogP contribution in [-0.2, 0) is 11.8 Å². The Balaban J connectivity index is 1.61. The molecule has 0 saturated carbocycles. The van der Waals surface area contributed by atoms with Gasteiger partial charge in [-0.1, -0.05) is 0 Å². The van der Waals surface area contributed by atoms with Gasteiger partial charge in [0.25, 0.3) is 5.91 Å². The normalized spacial score (nSPS) is 19.8. The number of nitrogens with zero attached hydrogens (tertiary/aromatic N) is 4. The van der Waals surface area contributed by atoms with Crippen LogP contribution >= 0.6 is 0 Å². The molecule has 1 aromatic rings. The Kier molecular flexibility index (Phi) is 5.69. The quantitative estimate of drug-likeness (QED) is 0.782. The number of carbonyl (C=O) groups excluding carboxylic acids is 2. The lowest BCUT2D eigenvalue weighted by atomic mass is 9.72. The Morgan fingerprint density at radius 2 is 1.85 bits per heavy atom. The van der Waals surface area contributed by atoms with E-state index in [0.717, 1.165) is 38.9 Å². The molecule has 2 fully saturated rings. The first-order valence-corrected chi connectivity index (χ1v) is 9.68. The zero-order chi connectivity index (χ0) is 19.6. The predicted octanol–water partition coefficient (Wildman–Crippen LogP) is 0.792. The SMILES string of the molecule is CN(C)CCN1CC2(CCC1=O)CCN(C(=O)c1ccc(=O)n(C)c1)CC2. The van der Waals surface area contributed by atoms with Gasteiger partial charge in [0.1, 0.15) is 0 Å². The molecule has 2 amide bonds. The van der Waals surface area contributed by atoms with E-state index in [0.29, 0.717) is 25.1 Å². The Morgan fingerprint density at radius 1 is 1.15 bits per heavy atom. The van der Waals surface area contributed by atoms with E-state index in [2.05, 4.69) is 4.90 Å². The van der Waals surface area contributed by atoms with Gasteiger partial charge in [-0.2, -0.15) is 0 Å². The van der Waals surface area contributed by atoms with Crippen LogP contribution in [0, 0.1) is 5.41 Å². The van der Waals surface area contributed by atoms with Gasteiger partial charge in [0, 0.05) is 58.5 Å². The van der Waals surface area contributed by atoms with Crippen LogP contribution in [0.1, 0.15) is 36.0 Å². The van der Waals surface area contributed by atoms with Crippen LogP contribution in [0.2, 0.25) is 0 Å². The number of aryl methyl sites for hydroxylation is 1. The van der Waals surface area contributed by atoms with Crippen LogP contribution in [0.15, 0.2) is 23.1 Å². The van der Waals surface area contributed by atoms with Crippen LogP contribution in [0.25, 0.3) is 0 Å². The van der Waals surface area contributed by atoms with E-state index < -0.39 is 0 Å². The molecule has 0 N–H and O–H groups in total. The highest BCUT2D eigenvalue weighted by Crippen LogP contribution is 2.40. The summed E-state index contributed by atoms with van der Waals surface area (Å²) in [4.78, 5) is 42.6. The van der Waals surface area contributed by atoms with E-state index in [1.807, 2.05) is 23.9 Å². The van der Waals surface area contributed by atoms with Gasteiger partial charge >= 0.3 is 0 Å². The van der Waals surface area contributed by atoms with Crippen molar-refractivity contribution in [1.82, 2.24) is 19.3 Å². The Labute approximate surface area is 160 Å². The number of pyridine rings is 1. The molecule has 7 nitrogen and oxygen atoms in total. The maximum absolute atomic E-state index is 12.8. The molecular formula is C20H30N4O3. The van der Waals surface area contributed by atoms with Crippen LogP contribution in [-0.4, -0.2) is 77.9 Å². The number of hydrogen-bond acceptors (Lipinski definition) is 4. The van der Waals surface area contributed by atoms with Crippen molar-refractivity contribution in [3.63, 3.8) is 0 Å². The van der Waals surface area contributed by atoms with E-state index in [1.54, 1.807) is 19.3 Å². The van der Waals surface area contributed by atoms with Crippen molar-refractivity contribution in [3.05, 3.63) is 34.2 Å². The summed E-state index contributed by atoms with van der Waals surface area (Å²) in [5.74, 6) is 0.239. The smallest absolute Gasteiger partial charge is 0.255 e. The average molecular weight is 374 g/mol. The van der Waals surface area contributed by atoms with Gasteiger partial charge in [-0.3, -0.25) is 14.4 Å². The summed E-state index contributed by atoms with van der Waals surface area (Å²) in [5, 5.41) is 0. The van der Waals surface area contributed by atoms with Gasteiger partial charge in [0.15, 0.2) is 0 Å². The number of rotatable bonds is 4. The van der Waals surface area contributed by atoms with Gasteiger partial charge in [0.2, 0.25) is 11.5 Å². The van der Waals surface area contributed by atoms with Gasteiger partial charge in [-0.25, -0.2) is 0 Å². The minimum absolute atomic E-state index is 0.0169. The first-order chi connectivity index (χ1) is 12.8. The number of amides is 2. The van der Waals surface area contributed by atoms with E-state index in [9.17, 15) is 14.4 Å². The fourth-order valence-electron chi connectivity index (χ4n) is 4.12. The zero-order valence-electron chi connectivity index (χ0n) is 16.6. The maximum atomic E-state index is 12.8. The monoisotopic (exact) mass is 374 g/mol. The predicted molar refractivity (Wildman–Crippen MR) is 104 cm³/mol. The van der Waals surface area contributed by atoms with Crippen molar-refractivity contribution in [2.24, 2.45) is 12.5 Å². The summed E-state index contributed by atoms with van der Waals surface area (Å²) in [7, 11) is 5.70. The number of hydrogen-bond donors (Lipinski definition) is 0. The number of aromatic nitrogens is 1. The molecule has 1 spiro atoms. The molecule has 0 radical (unpaired) electrons. The molecule has 2 aliphatic rings. The molecule has 0 aromatic carbocycles. The fraction of sp³-hybridized carbons (Fsp3) is 0.650. The van der Waals surface area contributed by atoms with Gasteiger partial charge in [-0.15, -0.1) is 0 Å². The molecular weight excluding hydrogens is 344 g/mol. The Bertz CT molecular complexity index is 763. The van der Waals surface area contributed by atoms with Crippen molar-refractivity contribution in [1.29, 1.82) is 0 Å². The summed E-state index contributed by atoms with van der Waals surface area (Å²) in [6.07, 6.45) is 5.00. The first-order valence-electron chi connectivity index (χ1n) is 9.68. The van der Waals surface area contributed by atoms with Crippen LogP contribution in [0.4, 0.5) is 0 Å². The van der Waals surface area contributed by atoms with Gasteiger partial charge in [0.05, 0.1) is 5.56 Å². The second-order valence-corrected chi connectivity index (χ2v) is 8.28. The average Bonchev–Trinajstić information content (AvgIpc) is 2.65. The largest absolute Gasteiger partial charge is 0.341 e. The topological polar surface area (TPSA) is 65.9 Å². The number of piperidine rings is 2. The molecule has 7 heteroatoms. The lowest BCUT2D eigenvalue weighted by molar-refractivity contribution is -0.139. The molecule has 1 aromatic heterocycles. The molecule has 3 heterocycles. The van der Waals surface area contributed by atoms with Crippen molar-refractivity contribution in [3.8, 4) is 0 Å². The van der Waals surface area contributed by atoms with Gasteiger partial charge in [-0.05, 0) is 44.8 Å². The summed E-state index contributed by atoms with van der Waals surface area (Å²) in [5.41, 5.74) is 0.578. The zero-order valence-corrected chi connectivity index (χ0v) is 16.6. The molecule has 2 saturated heterocycles. The third kappa shape index (κ3) is 4.40. The fourth-order valence-corrected chi connectivity index (χ4v) is 4.12. The van der Waals surface area contributed by atoms with E-state index in [1.165, 1.54) is 10.6 Å². The molecule has 27 heavy (non-hydrogen) atoms. The molecule has 2 aliphatic heterocycles. The second-order valence-electron chi connectivity index (χ2n) is 8.28. The van der Waals surface area contributed by atoms with E-state index >= 15 is 0 Å². The highest BCUT2D eigenvalue weighted by atomic mass is 16.2. The lowest BCUT2D eigenvalue weighted by Crippen LogP contribution is -2.53. The van der Waals surface area contributed by atoms with E-state index in [-0.39, 0.29) is 22.8 Å². The first kappa shape index (κ1) is 19.6. The van der Waals surface area contributed by atoms with Crippen molar-refractivity contribution >= 4 is 11.8 Å². The molecule has 3 rings (SSSR count). The van der Waals surface area contributed by atoms with Crippen LogP contribution in [0.5, 0.6) is 0 Å². The highest BCUT2D eigenvalue weighted by molar-refractivity contribution is 5.94. The molecule has 0 unspecified atom stereocenters. The van der Waals surface area contributed by atoms with Crippen LogP contribution in [0.3, 0.4) is 0 Å².